The maximum absolute atomic E-state index is 11.6. The maximum Gasteiger partial charge on any atom is 0.297 e. The van der Waals surface area contributed by atoms with Crippen LogP contribution in [0.1, 0.15) is 16.2 Å². The molecule has 0 radical (unpaired) electrons. The molecule has 0 aliphatic carbocycles. The molecule has 0 saturated heterocycles. The molecule has 1 heterocycles. The first-order valence-electron chi connectivity index (χ1n) is 5.05. The average molecular weight is 232 g/mol. The summed E-state index contributed by atoms with van der Waals surface area (Å²) in [6.45, 7) is 1.78. The molecule has 0 unspecified atom stereocenters. The van der Waals surface area contributed by atoms with Crippen LogP contribution in [0.5, 0.6) is 0 Å². The third kappa shape index (κ3) is 2.16. The Bertz CT molecular complexity index is 522. The van der Waals surface area contributed by atoms with Crippen LogP contribution in [0.4, 0.5) is 0 Å². The largest absolute Gasteiger partial charge is 0.297 e. The highest BCUT2D eigenvalue weighted by atomic mass is 16.6. The smallest absolute Gasteiger partial charge is 0.277 e. The molecule has 1 amide bonds. The normalized spacial score (nSPS) is 10.2. The van der Waals surface area contributed by atoms with Crippen molar-refractivity contribution < 1.29 is 9.63 Å². The number of nitrogens with zero attached hydrogens (tertiary/aromatic N) is 3. The molecule has 0 bridgehead atoms. The van der Waals surface area contributed by atoms with Crippen molar-refractivity contribution in [3.63, 3.8) is 0 Å². The van der Waals surface area contributed by atoms with E-state index in [4.69, 9.17) is 0 Å². The van der Waals surface area contributed by atoms with Gasteiger partial charge in [-0.15, -0.1) is 5.10 Å². The summed E-state index contributed by atoms with van der Waals surface area (Å²) in [7, 11) is 1.37. The highest BCUT2D eigenvalue weighted by Gasteiger charge is 2.16. The predicted octanol–water partition coefficient (Wildman–Crippen LogP) is 0.867. The monoisotopic (exact) mass is 232 g/mol. The molecule has 0 aliphatic rings. The second kappa shape index (κ2) is 4.75. The van der Waals surface area contributed by atoms with Crippen LogP contribution in [0, 0.1) is 6.92 Å². The Labute approximate surface area is 98.2 Å². The SMILES string of the molecule is CONC(=O)c1nnn(-c2ccccc2)c1C. The molecule has 1 N–H and O–H groups in total. The van der Waals surface area contributed by atoms with Crippen LogP contribution in [0.3, 0.4) is 0 Å². The molecular weight excluding hydrogens is 220 g/mol. The fourth-order valence-corrected chi connectivity index (χ4v) is 1.49. The van der Waals surface area contributed by atoms with Crippen molar-refractivity contribution in [3.8, 4) is 5.69 Å². The van der Waals surface area contributed by atoms with Gasteiger partial charge in [-0.25, -0.2) is 10.2 Å². The minimum atomic E-state index is -0.410. The van der Waals surface area contributed by atoms with Crippen LogP contribution < -0.4 is 5.48 Å². The molecule has 6 heteroatoms. The molecule has 2 aromatic rings. The zero-order chi connectivity index (χ0) is 12.3. The van der Waals surface area contributed by atoms with Crippen LogP contribution in [0.25, 0.3) is 5.69 Å². The zero-order valence-electron chi connectivity index (χ0n) is 9.54. The van der Waals surface area contributed by atoms with Gasteiger partial charge in [0.05, 0.1) is 18.5 Å². The van der Waals surface area contributed by atoms with Crippen molar-refractivity contribution in [2.24, 2.45) is 0 Å². The number of rotatable bonds is 3. The number of aromatic nitrogens is 3. The van der Waals surface area contributed by atoms with E-state index in [0.717, 1.165) is 5.69 Å². The molecule has 0 aliphatic heterocycles. The number of hydrogen-bond acceptors (Lipinski definition) is 4. The Morgan fingerprint density at radius 1 is 1.35 bits per heavy atom. The highest BCUT2D eigenvalue weighted by Crippen LogP contribution is 2.11. The van der Waals surface area contributed by atoms with Gasteiger partial charge < -0.3 is 0 Å². The quantitative estimate of drug-likeness (QED) is 0.797. The summed E-state index contributed by atoms with van der Waals surface area (Å²) in [4.78, 5) is 16.1. The number of hydrogen-bond donors (Lipinski definition) is 1. The molecule has 0 fully saturated rings. The molecule has 1 aromatic carbocycles. The van der Waals surface area contributed by atoms with Crippen LogP contribution in [-0.2, 0) is 4.84 Å². The summed E-state index contributed by atoms with van der Waals surface area (Å²) in [6, 6.07) is 9.48. The van der Waals surface area contributed by atoms with Gasteiger partial charge in [-0.2, -0.15) is 0 Å². The van der Waals surface area contributed by atoms with Gasteiger partial charge in [0.2, 0.25) is 0 Å². The van der Waals surface area contributed by atoms with E-state index in [9.17, 15) is 4.79 Å². The molecule has 2 rings (SSSR count). The van der Waals surface area contributed by atoms with Gasteiger partial charge in [-0.1, -0.05) is 23.4 Å². The van der Waals surface area contributed by atoms with E-state index in [1.807, 2.05) is 30.3 Å². The Hall–Kier alpha value is -2.21. The summed E-state index contributed by atoms with van der Waals surface area (Å²) in [5.74, 6) is -0.410. The summed E-state index contributed by atoms with van der Waals surface area (Å²) in [5.41, 5.74) is 3.97. The van der Waals surface area contributed by atoms with E-state index in [1.165, 1.54) is 7.11 Å². The summed E-state index contributed by atoms with van der Waals surface area (Å²) >= 11 is 0. The summed E-state index contributed by atoms with van der Waals surface area (Å²) in [5, 5.41) is 7.77. The molecule has 88 valence electrons. The van der Waals surface area contributed by atoms with Crippen molar-refractivity contribution >= 4 is 5.91 Å². The first-order chi connectivity index (χ1) is 8.24. The van der Waals surface area contributed by atoms with Gasteiger partial charge in [0.25, 0.3) is 5.91 Å². The Morgan fingerprint density at radius 2 is 2.06 bits per heavy atom. The Morgan fingerprint density at radius 3 is 2.71 bits per heavy atom. The van der Waals surface area contributed by atoms with E-state index < -0.39 is 5.91 Å². The molecule has 0 atom stereocenters. The zero-order valence-corrected chi connectivity index (χ0v) is 9.54. The molecule has 1 aromatic heterocycles. The van der Waals surface area contributed by atoms with Gasteiger partial charge in [-0.3, -0.25) is 9.63 Å². The van der Waals surface area contributed by atoms with Crippen LogP contribution in [0.15, 0.2) is 30.3 Å². The van der Waals surface area contributed by atoms with Gasteiger partial charge >= 0.3 is 0 Å². The minimum absolute atomic E-state index is 0.246. The number of carbonyl (C=O) groups excluding carboxylic acids is 1. The molecule has 6 nitrogen and oxygen atoms in total. The van der Waals surface area contributed by atoms with Crippen LogP contribution in [-0.4, -0.2) is 28.0 Å². The maximum atomic E-state index is 11.6. The lowest BCUT2D eigenvalue weighted by molar-refractivity contribution is 0.0531. The topological polar surface area (TPSA) is 69.0 Å². The molecule has 0 spiro atoms. The fourth-order valence-electron chi connectivity index (χ4n) is 1.49. The minimum Gasteiger partial charge on any atom is -0.277 e. The summed E-state index contributed by atoms with van der Waals surface area (Å²) < 4.78 is 1.60. The Kier molecular flexibility index (Phi) is 3.15. The van der Waals surface area contributed by atoms with E-state index in [1.54, 1.807) is 11.6 Å². The van der Waals surface area contributed by atoms with Gasteiger partial charge in [0, 0.05) is 0 Å². The predicted molar refractivity (Wildman–Crippen MR) is 60.6 cm³/mol. The highest BCUT2D eigenvalue weighted by molar-refractivity contribution is 5.92. The number of carbonyl (C=O) groups is 1. The number of amides is 1. The lowest BCUT2D eigenvalue weighted by atomic mass is 10.3. The Balaban J connectivity index is 2.37. The van der Waals surface area contributed by atoms with Crippen molar-refractivity contribution in [3.05, 3.63) is 41.7 Å². The van der Waals surface area contributed by atoms with Crippen molar-refractivity contribution in [2.45, 2.75) is 6.92 Å². The lowest BCUT2D eigenvalue weighted by Gasteiger charge is -2.03. The molecule has 17 heavy (non-hydrogen) atoms. The fraction of sp³-hybridized carbons (Fsp3) is 0.182. The first kappa shape index (κ1) is 11.3. The third-order valence-electron chi connectivity index (χ3n) is 2.31. The number of nitrogens with one attached hydrogen (secondary N) is 1. The lowest BCUT2D eigenvalue weighted by Crippen LogP contribution is -2.23. The van der Waals surface area contributed by atoms with E-state index in [-0.39, 0.29) is 5.69 Å². The van der Waals surface area contributed by atoms with Gasteiger partial charge in [0.1, 0.15) is 0 Å². The average Bonchev–Trinajstić information content (AvgIpc) is 2.72. The third-order valence-corrected chi connectivity index (χ3v) is 2.31. The van der Waals surface area contributed by atoms with Crippen molar-refractivity contribution in [2.75, 3.05) is 7.11 Å². The standard InChI is InChI=1S/C11H12N4O2/c1-8-10(11(16)13-17-2)12-14-15(8)9-6-4-3-5-7-9/h3-7H,1-2H3,(H,13,16). The van der Waals surface area contributed by atoms with Crippen molar-refractivity contribution in [1.29, 1.82) is 0 Å². The van der Waals surface area contributed by atoms with E-state index >= 15 is 0 Å². The second-order valence-electron chi connectivity index (χ2n) is 3.41. The van der Waals surface area contributed by atoms with Crippen molar-refractivity contribution in [1.82, 2.24) is 20.5 Å². The molecular formula is C11H12N4O2. The van der Waals surface area contributed by atoms with Crippen LogP contribution in [0.2, 0.25) is 0 Å². The van der Waals surface area contributed by atoms with E-state index in [2.05, 4.69) is 20.6 Å². The summed E-state index contributed by atoms with van der Waals surface area (Å²) in [6.07, 6.45) is 0. The molecule has 0 saturated carbocycles. The van der Waals surface area contributed by atoms with E-state index in [0.29, 0.717) is 5.69 Å². The van der Waals surface area contributed by atoms with Crippen LogP contribution >= 0.6 is 0 Å². The number of benzene rings is 1. The van der Waals surface area contributed by atoms with Gasteiger partial charge in [-0.05, 0) is 19.1 Å². The number of hydroxylamine groups is 1. The first-order valence-corrected chi connectivity index (χ1v) is 5.05. The van der Waals surface area contributed by atoms with Gasteiger partial charge in [0.15, 0.2) is 5.69 Å². The second-order valence-corrected chi connectivity index (χ2v) is 3.41. The number of para-hydroxylation sites is 1.